The monoisotopic (exact) mass is 376 g/mol. The number of aliphatic hydroxyl groups excluding tert-OH is 2. The van der Waals surface area contributed by atoms with Crippen LogP contribution in [0.2, 0.25) is 0 Å². The van der Waals surface area contributed by atoms with Crippen LogP contribution < -0.4 is 0 Å². The molecule has 5 heteroatoms. The summed E-state index contributed by atoms with van der Waals surface area (Å²) in [5.74, 6) is -0.626. The number of Topliss-reactive ketones (excluding diaryl/α,β-unsaturated/α-hetero) is 1. The molecule has 0 radical (unpaired) electrons. The number of allylic oxidation sites excluding steroid dienone is 4. The second-order valence-electron chi connectivity index (χ2n) is 9.71. The van der Waals surface area contributed by atoms with E-state index in [9.17, 15) is 19.8 Å². The molecule has 0 aliphatic heterocycles. The molecule has 0 aromatic carbocycles. The molecule has 148 valence electrons. The topological polar surface area (TPSA) is 74.6 Å². The SMILES string of the molecule is C[C@@H]1C[C@@H]2[C@H]3C[C@H](F)C4=CC(=O)C=C[C@]4(C)[C@@H]3[C@@H](O)C[C@@]2(C)[C@@H]1C(=O)CO. The second-order valence-corrected chi connectivity index (χ2v) is 9.71. The molecular weight excluding hydrogens is 347 g/mol. The maximum Gasteiger partial charge on any atom is 0.178 e. The molecule has 3 saturated carbocycles. The van der Waals surface area contributed by atoms with Gasteiger partial charge in [0.05, 0.1) is 6.10 Å². The van der Waals surface area contributed by atoms with Crippen LogP contribution in [0, 0.1) is 40.4 Å². The van der Waals surface area contributed by atoms with E-state index in [4.69, 9.17) is 0 Å². The quantitative estimate of drug-likeness (QED) is 0.777. The highest BCUT2D eigenvalue weighted by Gasteiger charge is 2.65. The van der Waals surface area contributed by atoms with Crippen molar-refractivity contribution in [2.75, 3.05) is 6.61 Å². The van der Waals surface area contributed by atoms with Gasteiger partial charge in [0.1, 0.15) is 12.8 Å². The van der Waals surface area contributed by atoms with Gasteiger partial charge in [-0.25, -0.2) is 4.39 Å². The van der Waals surface area contributed by atoms with E-state index in [1.165, 1.54) is 12.2 Å². The van der Waals surface area contributed by atoms with Crippen LogP contribution in [0.5, 0.6) is 0 Å². The van der Waals surface area contributed by atoms with Crippen molar-refractivity contribution in [3.05, 3.63) is 23.8 Å². The summed E-state index contributed by atoms with van der Waals surface area (Å²) in [6.45, 7) is 5.53. The van der Waals surface area contributed by atoms with E-state index in [1.54, 1.807) is 6.08 Å². The first-order chi connectivity index (χ1) is 12.6. The highest BCUT2D eigenvalue weighted by Crippen LogP contribution is 2.67. The molecule has 0 spiro atoms. The van der Waals surface area contributed by atoms with Gasteiger partial charge in [0.2, 0.25) is 0 Å². The van der Waals surface area contributed by atoms with Crippen LogP contribution >= 0.6 is 0 Å². The first-order valence-electron chi connectivity index (χ1n) is 10.0. The zero-order chi connectivity index (χ0) is 19.7. The Hall–Kier alpha value is -1.33. The normalized spacial score (nSPS) is 51.3. The van der Waals surface area contributed by atoms with Crippen molar-refractivity contribution in [3.63, 3.8) is 0 Å². The van der Waals surface area contributed by atoms with Crippen molar-refractivity contribution < 1.29 is 24.2 Å². The minimum absolute atomic E-state index is 0.0484. The molecular formula is C22H29FO4. The Morgan fingerprint density at radius 2 is 2.04 bits per heavy atom. The number of hydrogen-bond donors (Lipinski definition) is 2. The summed E-state index contributed by atoms with van der Waals surface area (Å²) in [7, 11) is 0. The number of carbonyl (C=O) groups is 2. The molecule has 0 aromatic rings. The van der Waals surface area contributed by atoms with E-state index in [1.807, 2.05) is 20.8 Å². The van der Waals surface area contributed by atoms with Crippen molar-refractivity contribution in [2.24, 2.45) is 40.4 Å². The number of aliphatic hydroxyl groups is 2. The van der Waals surface area contributed by atoms with Crippen LogP contribution in [0.3, 0.4) is 0 Å². The number of ketones is 2. The van der Waals surface area contributed by atoms with Gasteiger partial charge < -0.3 is 10.2 Å². The Morgan fingerprint density at radius 3 is 2.70 bits per heavy atom. The summed E-state index contributed by atoms with van der Waals surface area (Å²) in [4.78, 5) is 24.3. The molecule has 2 N–H and O–H groups in total. The summed E-state index contributed by atoms with van der Waals surface area (Å²) in [6.07, 6.45) is 4.39. The molecule has 0 amide bonds. The fourth-order valence-corrected chi connectivity index (χ4v) is 7.49. The van der Waals surface area contributed by atoms with Gasteiger partial charge in [0, 0.05) is 17.3 Å². The van der Waals surface area contributed by atoms with Crippen LogP contribution in [0.4, 0.5) is 4.39 Å². The fraction of sp³-hybridized carbons (Fsp3) is 0.727. The van der Waals surface area contributed by atoms with E-state index in [2.05, 4.69) is 0 Å². The highest BCUT2D eigenvalue weighted by atomic mass is 19.1. The molecule has 4 aliphatic carbocycles. The van der Waals surface area contributed by atoms with Crippen LogP contribution in [0.25, 0.3) is 0 Å². The lowest BCUT2D eigenvalue weighted by Gasteiger charge is -2.59. The van der Waals surface area contributed by atoms with Crippen molar-refractivity contribution >= 4 is 11.6 Å². The van der Waals surface area contributed by atoms with Gasteiger partial charge in [0.25, 0.3) is 0 Å². The summed E-state index contributed by atoms with van der Waals surface area (Å²) >= 11 is 0. The van der Waals surface area contributed by atoms with E-state index in [0.29, 0.717) is 12.0 Å². The Bertz CT molecular complexity index is 743. The Kier molecular flexibility index (Phi) is 4.28. The molecule has 27 heavy (non-hydrogen) atoms. The van der Waals surface area contributed by atoms with Gasteiger partial charge in [0.15, 0.2) is 11.6 Å². The minimum Gasteiger partial charge on any atom is -0.393 e. The van der Waals surface area contributed by atoms with Crippen LogP contribution in [0.15, 0.2) is 23.8 Å². The fourth-order valence-electron chi connectivity index (χ4n) is 7.49. The zero-order valence-electron chi connectivity index (χ0n) is 16.2. The minimum atomic E-state index is -1.21. The van der Waals surface area contributed by atoms with E-state index in [-0.39, 0.29) is 47.6 Å². The molecule has 4 aliphatic rings. The van der Waals surface area contributed by atoms with E-state index < -0.39 is 29.7 Å². The molecule has 0 aromatic heterocycles. The smallest absolute Gasteiger partial charge is 0.178 e. The summed E-state index contributed by atoms with van der Waals surface area (Å²) < 4.78 is 15.2. The molecule has 3 fully saturated rings. The molecule has 4 rings (SSSR count). The van der Waals surface area contributed by atoms with Crippen molar-refractivity contribution in [3.8, 4) is 0 Å². The molecule has 0 saturated heterocycles. The summed E-state index contributed by atoms with van der Waals surface area (Å²) in [5.41, 5.74) is -0.599. The second kappa shape index (κ2) is 6.08. The van der Waals surface area contributed by atoms with E-state index in [0.717, 1.165) is 6.42 Å². The van der Waals surface area contributed by atoms with Gasteiger partial charge in [-0.15, -0.1) is 0 Å². The number of hydrogen-bond acceptors (Lipinski definition) is 4. The lowest BCUT2D eigenvalue weighted by atomic mass is 9.46. The highest BCUT2D eigenvalue weighted by molar-refractivity contribution is 6.01. The third kappa shape index (κ3) is 2.47. The lowest BCUT2D eigenvalue weighted by Crippen LogP contribution is -2.58. The number of alkyl halides is 1. The predicted molar refractivity (Wildman–Crippen MR) is 98.4 cm³/mol. The number of carbonyl (C=O) groups excluding carboxylic acids is 2. The van der Waals surface area contributed by atoms with Crippen LogP contribution in [0.1, 0.15) is 40.0 Å². The van der Waals surface area contributed by atoms with Crippen LogP contribution in [-0.2, 0) is 9.59 Å². The number of rotatable bonds is 2. The van der Waals surface area contributed by atoms with Crippen molar-refractivity contribution in [1.29, 1.82) is 0 Å². The van der Waals surface area contributed by atoms with Crippen molar-refractivity contribution in [2.45, 2.75) is 52.3 Å². The molecule has 0 unspecified atom stereocenters. The maximum absolute atomic E-state index is 15.2. The van der Waals surface area contributed by atoms with Crippen LogP contribution in [-0.4, -0.2) is 40.7 Å². The van der Waals surface area contributed by atoms with Gasteiger partial charge in [-0.2, -0.15) is 0 Å². The number of halogens is 1. The zero-order valence-corrected chi connectivity index (χ0v) is 16.2. The first-order valence-corrected chi connectivity index (χ1v) is 10.0. The average Bonchev–Trinajstić information content (AvgIpc) is 2.85. The predicted octanol–water partition coefficient (Wildman–Crippen LogP) is 2.64. The third-order valence-corrected chi connectivity index (χ3v) is 8.32. The molecule has 0 bridgehead atoms. The van der Waals surface area contributed by atoms with Gasteiger partial charge in [-0.05, 0) is 60.2 Å². The average molecular weight is 376 g/mol. The standard InChI is InChI=1S/C22H29FO4/c1-11-6-14-13-8-16(23)15-7-12(25)4-5-21(15,2)20(13)17(26)9-22(14,3)19(11)18(27)10-24/h4-5,7,11,13-14,16-17,19-20,24,26H,6,8-10H2,1-3H3/t11-,13-,14-,16+,17+,19+,20+,21+,22-/m1/s1. The maximum atomic E-state index is 15.2. The lowest BCUT2D eigenvalue weighted by molar-refractivity contribution is -0.144. The molecule has 0 heterocycles. The third-order valence-electron chi connectivity index (χ3n) is 8.32. The van der Waals surface area contributed by atoms with E-state index >= 15 is 4.39 Å². The first kappa shape index (κ1) is 19.0. The van der Waals surface area contributed by atoms with Crippen molar-refractivity contribution in [1.82, 2.24) is 0 Å². The van der Waals surface area contributed by atoms with Gasteiger partial charge in [-0.1, -0.05) is 26.8 Å². The molecule has 4 nitrogen and oxygen atoms in total. The van der Waals surface area contributed by atoms with Gasteiger partial charge >= 0.3 is 0 Å². The Morgan fingerprint density at radius 1 is 1.33 bits per heavy atom. The Balaban J connectivity index is 1.77. The summed E-state index contributed by atoms with van der Waals surface area (Å²) in [5, 5.41) is 20.6. The summed E-state index contributed by atoms with van der Waals surface area (Å²) in [6, 6.07) is 0. The van der Waals surface area contributed by atoms with Gasteiger partial charge in [-0.3, -0.25) is 9.59 Å². The largest absolute Gasteiger partial charge is 0.393 e. The molecule has 9 atom stereocenters. The Labute approximate surface area is 159 Å². The number of fused-ring (bicyclic) bond motifs is 5.